The van der Waals surface area contributed by atoms with Gasteiger partial charge in [-0.15, -0.1) is 0 Å². The Bertz CT molecular complexity index is 967. The number of anilines is 4. The minimum Gasteiger partial charge on any atom is -0.366 e. The first kappa shape index (κ1) is 18.2. The molecule has 1 aliphatic rings. The van der Waals surface area contributed by atoms with E-state index in [0.717, 1.165) is 49.3 Å². The average molecular weight is 377 g/mol. The third-order valence-electron chi connectivity index (χ3n) is 4.91. The minimum absolute atomic E-state index is 0.168. The maximum atomic E-state index is 14.1. The maximum Gasteiger partial charge on any atom is 0.146 e. The van der Waals surface area contributed by atoms with E-state index in [-0.39, 0.29) is 5.82 Å². The summed E-state index contributed by atoms with van der Waals surface area (Å²) in [5.41, 5.74) is 2.87. The number of halogens is 1. The molecular weight excluding hydrogens is 353 g/mol. The van der Waals surface area contributed by atoms with Crippen LogP contribution in [-0.4, -0.2) is 36.1 Å². The van der Waals surface area contributed by atoms with Gasteiger partial charge in [0.2, 0.25) is 0 Å². The monoisotopic (exact) mass is 377 g/mol. The summed E-state index contributed by atoms with van der Waals surface area (Å²) in [5, 5.41) is 3.37. The quantitative estimate of drug-likeness (QED) is 0.734. The molecule has 4 rings (SSSR count). The van der Waals surface area contributed by atoms with Gasteiger partial charge in [0.25, 0.3) is 0 Å². The number of nitrogens with zero attached hydrogens (tertiary/aromatic N) is 4. The standard InChI is InChI=1S/C22H24FN5/c1-16-6-5-7-18(14-16)26-21-15-22(25-17(2)24-21)28-12-10-27(11-13-28)20-9-4-3-8-19(20)23/h3-9,14-15H,10-13H2,1-2H3,(H,24,25,26). The highest BCUT2D eigenvalue weighted by Crippen LogP contribution is 2.24. The summed E-state index contributed by atoms with van der Waals surface area (Å²) in [5.74, 6) is 2.24. The van der Waals surface area contributed by atoms with Crippen LogP contribution in [0.4, 0.5) is 27.4 Å². The van der Waals surface area contributed by atoms with E-state index in [0.29, 0.717) is 5.69 Å². The van der Waals surface area contributed by atoms with E-state index in [1.54, 1.807) is 6.07 Å². The van der Waals surface area contributed by atoms with Crippen molar-refractivity contribution in [2.75, 3.05) is 41.3 Å². The minimum atomic E-state index is -0.168. The van der Waals surface area contributed by atoms with Crippen LogP contribution in [0.5, 0.6) is 0 Å². The number of para-hydroxylation sites is 1. The average Bonchev–Trinajstić information content (AvgIpc) is 2.68. The van der Waals surface area contributed by atoms with Crippen molar-refractivity contribution in [2.45, 2.75) is 13.8 Å². The molecule has 2 heterocycles. The van der Waals surface area contributed by atoms with Gasteiger partial charge in [-0.25, -0.2) is 14.4 Å². The van der Waals surface area contributed by atoms with Gasteiger partial charge in [0, 0.05) is 37.9 Å². The molecule has 0 aliphatic carbocycles. The largest absolute Gasteiger partial charge is 0.366 e. The van der Waals surface area contributed by atoms with Crippen LogP contribution in [0, 0.1) is 19.7 Å². The Morgan fingerprint density at radius 2 is 1.61 bits per heavy atom. The lowest BCUT2D eigenvalue weighted by Crippen LogP contribution is -2.47. The molecule has 0 bridgehead atoms. The first-order valence-electron chi connectivity index (χ1n) is 9.52. The molecule has 1 aliphatic heterocycles. The van der Waals surface area contributed by atoms with Gasteiger partial charge in [0.05, 0.1) is 5.69 Å². The van der Waals surface area contributed by atoms with Gasteiger partial charge in [-0.3, -0.25) is 0 Å². The highest BCUT2D eigenvalue weighted by molar-refractivity contribution is 5.61. The van der Waals surface area contributed by atoms with E-state index in [1.165, 1.54) is 11.6 Å². The Hall–Kier alpha value is -3.15. The number of piperazine rings is 1. The summed E-state index contributed by atoms with van der Waals surface area (Å²) >= 11 is 0. The maximum absolute atomic E-state index is 14.1. The first-order chi connectivity index (χ1) is 13.6. The van der Waals surface area contributed by atoms with Crippen molar-refractivity contribution in [2.24, 2.45) is 0 Å². The molecule has 0 atom stereocenters. The Morgan fingerprint density at radius 3 is 2.36 bits per heavy atom. The van der Waals surface area contributed by atoms with Crippen LogP contribution in [0.2, 0.25) is 0 Å². The highest BCUT2D eigenvalue weighted by Gasteiger charge is 2.21. The topological polar surface area (TPSA) is 44.3 Å². The summed E-state index contributed by atoms with van der Waals surface area (Å²) in [6.45, 7) is 7.05. The molecule has 0 radical (unpaired) electrons. The third-order valence-corrected chi connectivity index (χ3v) is 4.91. The second kappa shape index (κ2) is 7.84. The van der Waals surface area contributed by atoms with Crippen molar-refractivity contribution in [3.63, 3.8) is 0 Å². The molecule has 0 spiro atoms. The van der Waals surface area contributed by atoms with Gasteiger partial charge in [0.15, 0.2) is 0 Å². The fourth-order valence-corrected chi connectivity index (χ4v) is 3.53. The summed E-state index contributed by atoms with van der Waals surface area (Å²) < 4.78 is 14.1. The van der Waals surface area contributed by atoms with Crippen LogP contribution in [-0.2, 0) is 0 Å². The van der Waals surface area contributed by atoms with E-state index in [1.807, 2.05) is 37.3 Å². The predicted octanol–water partition coefficient (Wildman–Crippen LogP) is 4.30. The van der Waals surface area contributed by atoms with Crippen molar-refractivity contribution in [3.8, 4) is 0 Å². The van der Waals surface area contributed by atoms with Gasteiger partial charge >= 0.3 is 0 Å². The van der Waals surface area contributed by atoms with Crippen LogP contribution in [0.3, 0.4) is 0 Å². The second-order valence-electron chi connectivity index (χ2n) is 7.08. The second-order valence-corrected chi connectivity index (χ2v) is 7.08. The lowest BCUT2D eigenvalue weighted by Gasteiger charge is -2.37. The molecule has 1 N–H and O–H groups in total. The van der Waals surface area contributed by atoms with E-state index in [4.69, 9.17) is 0 Å². The van der Waals surface area contributed by atoms with Crippen molar-refractivity contribution < 1.29 is 4.39 Å². The molecule has 144 valence electrons. The molecule has 3 aromatic rings. The van der Waals surface area contributed by atoms with Gasteiger partial charge in [-0.2, -0.15) is 0 Å². The lowest BCUT2D eigenvalue weighted by atomic mass is 10.2. The van der Waals surface area contributed by atoms with Crippen molar-refractivity contribution in [1.29, 1.82) is 0 Å². The van der Waals surface area contributed by atoms with Crippen LogP contribution in [0.1, 0.15) is 11.4 Å². The van der Waals surface area contributed by atoms with E-state index < -0.39 is 0 Å². The molecule has 5 nitrogen and oxygen atoms in total. The summed E-state index contributed by atoms with van der Waals surface area (Å²) in [4.78, 5) is 13.5. The van der Waals surface area contributed by atoms with E-state index in [9.17, 15) is 4.39 Å². The number of aromatic nitrogens is 2. The fraction of sp³-hybridized carbons (Fsp3) is 0.273. The molecule has 0 amide bonds. The Kier molecular flexibility index (Phi) is 5.10. The molecule has 1 aromatic heterocycles. The zero-order valence-electron chi connectivity index (χ0n) is 16.2. The Balaban J connectivity index is 1.48. The SMILES string of the molecule is Cc1cccc(Nc2cc(N3CCN(c4ccccc4F)CC3)nc(C)n2)c1. The van der Waals surface area contributed by atoms with Crippen LogP contribution in [0.25, 0.3) is 0 Å². The van der Waals surface area contributed by atoms with Crippen molar-refractivity contribution in [3.05, 3.63) is 71.8 Å². The highest BCUT2D eigenvalue weighted by atomic mass is 19.1. The van der Waals surface area contributed by atoms with Crippen molar-refractivity contribution in [1.82, 2.24) is 9.97 Å². The zero-order chi connectivity index (χ0) is 19.5. The van der Waals surface area contributed by atoms with Crippen LogP contribution < -0.4 is 15.1 Å². The number of benzene rings is 2. The molecule has 28 heavy (non-hydrogen) atoms. The van der Waals surface area contributed by atoms with Gasteiger partial charge < -0.3 is 15.1 Å². The molecule has 6 heteroatoms. The Labute approximate surface area is 164 Å². The number of hydrogen-bond acceptors (Lipinski definition) is 5. The summed E-state index contributed by atoms with van der Waals surface area (Å²) in [6, 6.07) is 17.1. The molecule has 1 fully saturated rings. The number of rotatable bonds is 4. The fourth-order valence-electron chi connectivity index (χ4n) is 3.53. The number of nitrogens with one attached hydrogen (secondary N) is 1. The normalized spacial score (nSPS) is 14.2. The van der Waals surface area contributed by atoms with E-state index >= 15 is 0 Å². The van der Waals surface area contributed by atoms with Gasteiger partial charge in [-0.1, -0.05) is 24.3 Å². The molecule has 0 saturated carbocycles. The molecule has 0 unspecified atom stereocenters. The van der Waals surface area contributed by atoms with Gasteiger partial charge in [0.1, 0.15) is 23.3 Å². The van der Waals surface area contributed by atoms with Crippen LogP contribution in [0.15, 0.2) is 54.6 Å². The lowest BCUT2D eigenvalue weighted by molar-refractivity contribution is 0.596. The number of aryl methyl sites for hydroxylation is 2. The van der Waals surface area contributed by atoms with Gasteiger partial charge in [-0.05, 0) is 43.7 Å². The molecule has 1 saturated heterocycles. The third kappa shape index (κ3) is 4.06. The Morgan fingerprint density at radius 1 is 0.857 bits per heavy atom. The number of hydrogen-bond donors (Lipinski definition) is 1. The predicted molar refractivity (Wildman–Crippen MR) is 112 cm³/mol. The van der Waals surface area contributed by atoms with E-state index in [2.05, 4.69) is 44.1 Å². The van der Waals surface area contributed by atoms with Crippen molar-refractivity contribution >= 4 is 23.0 Å². The molecule has 2 aromatic carbocycles. The zero-order valence-corrected chi connectivity index (χ0v) is 16.2. The summed E-state index contributed by atoms with van der Waals surface area (Å²) in [7, 11) is 0. The molecular formula is C22H24FN5. The smallest absolute Gasteiger partial charge is 0.146 e. The first-order valence-corrected chi connectivity index (χ1v) is 9.52. The summed E-state index contributed by atoms with van der Waals surface area (Å²) in [6.07, 6.45) is 0. The van der Waals surface area contributed by atoms with Crippen LogP contribution >= 0.6 is 0 Å².